The Kier molecular flexibility index (Phi) is 6.95. The number of hydrogen-bond donors (Lipinski definition) is 3. The van der Waals surface area contributed by atoms with Gasteiger partial charge in [-0.15, -0.1) is 0 Å². The summed E-state index contributed by atoms with van der Waals surface area (Å²) in [4.78, 5) is 24.7. The number of carbonyl (C=O) groups excluding carboxylic acids is 2. The minimum Gasteiger partial charge on any atom is -0.332 e. The van der Waals surface area contributed by atoms with Crippen LogP contribution in [0.4, 0.5) is 11.4 Å². The van der Waals surface area contributed by atoms with Gasteiger partial charge in [0.2, 0.25) is 0 Å². The molecule has 0 heterocycles. The lowest BCUT2D eigenvalue weighted by atomic mass is 10.1. The third-order valence-electron chi connectivity index (χ3n) is 4.11. The van der Waals surface area contributed by atoms with E-state index in [1.54, 1.807) is 36.4 Å². The molecule has 0 aliphatic rings. The molecular formula is C22H18IN3O2S. The molecule has 0 aromatic heterocycles. The molecule has 3 N–H and O–H groups in total. The number of halogens is 1. The van der Waals surface area contributed by atoms with Crippen molar-refractivity contribution in [3.8, 4) is 0 Å². The van der Waals surface area contributed by atoms with Gasteiger partial charge in [-0.2, -0.15) is 0 Å². The van der Waals surface area contributed by atoms with Gasteiger partial charge in [0, 0.05) is 20.5 Å². The highest BCUT2D eigenvalue weighted by molar-refractivity contribution is 14.1. The lowest BCUT2D eigenvalue weighted by molar-refractivity contribution is 0.0975. The van der Waals surface area contributed by atoms with E-state index in [9.17, 15) is 9.59 Å². The fraction of sp³-hybridized carbons (Fsp3) is 0.0455. The molecule has 0 bridgehead atoms. The number of rotatable bonds is 4. The van der Waals surface area contributed by atoms with Crippen LogP contribution in [0.15, 0.2) is 72.8 Å². The van der Waals surface area contributed by atoms with Crippen LogP contribution in [0, 0.1) is 10.5 Å². The maximum atomic E-state index is 12.4. The quantitative estimate of drug-likeness (QED) is 0.339. The van der Waals surface area contributed by atoms with E-state index in [2.05, 4.69) is 38.5 Å². The van der Waals surface area contributed by atoms with Crippen LogP contribution in [-0.4, -0.2) is 16.9 Å². The predicted molar refractivity (Wildman–Crippen MR) is 128 cm³/mol. The Balaban J connectivity index is 1.63. The van der Waals surface area contributed by atoms with E-state index in [1.807, 2.05) is 43.3 Å². The molecule has 3 rings (SSSR count). The molecule has 0 radical (unpaired) electrons. The molecule has 7 heteroatoms. The van der Waals surface area contributed by atoms with Gasteiger partial charge >= 0.3 is 0 Å². The SMILES string of the molecule is Cc1cc(NC(=S)NC(=O)c2ccccc2I)ccc1NC(=O)c1ccccc1. The summed E-state index contributed by atoms with van der Waals surface area (Å²) in [6.07, 6.45) is 0. The zero-order valence-corrected chi connectivity index (χ0v) is 18.5. The Bertz CT molecular complexity index is 1070. The molecule has 5 nitrogen and oxygen atoms in total. The summed E-state index contributed by atoms with van der Waals surface area (Å²) in [5, 5.41) is 8.78. The Morgan fingerprint density at radius 3 is 2.24 bits per heavy atom. The standard InChI is InChI=1S/C22H18IN3O2S/c1-14-13-16(11-12-19(14)25-20(27)15-7-3-2-4-8-15)24-22(29)26-21(28)17-9-5-6-10-18(17)23/h2-13H,1H3,(H,25,27)(H2,24,26,28,29). The Hall–Kier alpha value is -2.78. The second-order valence-corrected chi connectivity index (χ2v) is 7.81. The van der Waals surface area contributed by atoms with Crippen molar-refractivity contribution in [2.24, 2.45) is 0 Å². The van der Waals surface area contributed by atoms with Crippen molar-refractivity contribution in [3.05, 3.63) is 93.1 Å². The van der Waals surface area contributed by atoms with Gasteiger partial charge < -0.3 is 10.6 Å². The van der Waals surface area contributed by atoms with Crippen molar-refractivity contribution in [1.82, 2.24) is 5.32 Å². The Labute approximate surface area is 188 Å². The van der Waals surface area contributed by atoms with E-state index in [4.69, 9.17) is 12.2 Å². The van der Waals surface area contributed by atoms with Crippen molar-refractivity contribution in [1.29, 1.82) is 0 Å². The van der Waals surface area contributed by atoms with Crippen molar-refractivity contribution >= 4 is 63.1 Å². The van der Waals surface area contributed by atoms with Crippen molar-refractivity contribution in [2.75, 3.05) is 10.6 Å². The van der Waals surface area contributed by atoms with Crippen molar-refractivity contribution < 1.29 is 9.59 Å². The Morgan fingerprint density at radius 2 is 1.55 bits per heavy atom. The van der Waals surface area contributed by atoms with Crippen molar-refractivity contribution in [3.63, 3.8) is 0 Å². The smallest absolute Gasteiger partial charge is 0.258 e. The largest absolute Gasteiger partial charge is 0.332 e. The van der Waals surface area contributed by atoms with Gasteiger partial charge in [0.15, 0.2) is 5.11 Å². The lowest BCUT2D eigenvalue weighted by Gasteiger charge is -2.13. The zero-order valence-electron chi connectivity index (χ0n) is 15.5. The van der Waals surface area contributed by atoms with E-state index in [-0.39, 0.29) is 16.9 Å². The Morgan fingerprint density at radius 1 is 0.862 bits per heavy atom. The monoisotopic (exact) mass is 515 g/mol. The highest BCUT2D eigenvalue weighted by atomic mass is 127. The number of carbonyl (C=O) groups is 2. The van der Waals surface area contributed by atoms with Crippen LogP contribution in [0.2, 0.25) is 0 Å². The first-order valence-corrected chi connectivity index (χ1v) is 10.3. The fourth-order valence-electron chi connectivity index (χ4n) is 2.64. The van der Waals surface area contributed by atoms with Gasteiger partial charge in [0.25, 0.3) is 11.8 Å². The molecular weight excluding hydrogens is 497 g/mol. The van der Waals surface area contributed by atoms with E-state index in [0.717, 1.165) is 9.13 Å². The van der Waals surface area contributed by atoms with Gasteiger partial charge in [-0.25, -0.2) is 0 Å². The summed E-state index contributed by atoms with van der Waals surface area (Å²) in [5.74, 6) is -0.439. The van der Waals surface area contributed by atoms with E-state index in [1.165, 1.54) is 0 Å². The third-order valence-corrected chi connectivity index (χ3v) is 5.26. The first kappa shape index (κ1) is 20.9. The summed E-state index contributed by atoms with van der Waals surface area (Å²) >= 11 is 7.36. The molecule has 0 aliphatic carbocycles. The van der Waals surface area contributed by atoms with Crippen LogP contribution in [-0.2, 0) is 0 Å². The highest BCUT2D eigenvalue weighted by Gasteiger charge is 2.12. The molecule has 0 fully saturated rings. The second-order valence-electron chi connectivity index (χ2n) is 6.24. The number of thiocarbonyl (C=S) groups is 1. The number of anilines is 2. The third kappa shape index (κ3) is 5.61. The van der Waals surface area contributed by atoms with Gasteiger partial charge in [0.1, 0.15) is 0 Å². The molecule has 146 valence electrons. The molecule has 3 aromatic rings. The number of hydrogen-bond acceptors (Lipinski definition) is 3. The highest BCUT2D eigenvalue weighted by Crippen LogP contribution is 2.20. The summed E-state index contributed by atoms with van der Waals surface area (Å²) < 4.78 is 0.847. The van der Waals surface area contributed by atoms with Gasteiger partial charge in [-0.3, -0.25) is 14.9 Å². The van der Waals surface area contributed by atoms with Gasteiger partial charge in [-0.05, 0) is 89.8 Å². The first-order chi connectivity index (χ1) is 13.9. The fourth-order valence-corrected chi connectivity index (χ4v) is 3.49. The van der Waals surface area contributed by atoms with Gasteiger partial charge in [0.05, 0.1) is 5.56 Å². The molecule has 3 aromatic carbocycles. The van der Waals surface area contributed by atoms with Crippen LogP contribution in [0.1, 0.15) is 26.3 Å². The minimum absolute atomic E-state index is 0.172. The van der Waals surface area contributed by atoms with Gasteiger partial charge in [-0.1, -0.05) is 30.3 Å². The zero-order chi connectivity index (χ0) is 20.8. The number of nitrogens with one attached hydrogen (secondary N) is 3. The summed E-state index contributed by atoms with van der Waals surface area (Å²) in [6, 6.07) is 21.7. The normalized spacial score (nSPS) is 10.1. The van der Waals surface area contributed by atoms with Crippen molar-refractivity contribution in [2.45, 2.75) is 6.92 Å². The average Bonchev–Trinajstić information content (AvgIpc) is 2.70. The molecule has 0 aliphatic heterocycles. The maximum Gasteiger partial charge on any atom is 0.258 e. The van der Waals surface area contributed by atoms with Crippen LogP contribution in [0.5, 0.6) is 0 Å². The molecule has 0 unspecified atom stereocenters. The predicted octanol–water partition coefficient (Wildman–Crippen LogP) is 4.98. The topological polar surface area (TPSA) is 70.2 Å². The van der Waals surface area contributed by atoms with Crippen LogP contribution < -0.4 is 16.0 Å². The molecule has 2 amide bonds. The molecule has 0 saturated carbocycles. The van der Waals surface area contributed by atoms with E-state index < -0.39 is 0 Å². The number of aryl methyl sites for hydroxylation is 1. The molecule has 0 spiro atoms. The lowest BCUT2D eigenvalue weighted by Crippen LogP contribution is -2.34. The minimum atomic E-state index is -0.268. The first-order valence-electron chi connectivity index (χ1n) is 8.78. The second kappa shape index (κ2) is 9.62. The van der Waals surface area contributed by atoms with E-state index >= 15 is 0 Å². The number of amides is 2. The summed E-state index contributed by atoms with van der Waals surface area (Å²) in [7, 11) is 0. The van der Waals surface area contributed by atoms with Crippen LogP contribution in [0.3, 0.4) is 0 Å². The molecule has 0 saturated heterocycles. The summed E-state index contributed by atoms with van der Waals surface area (Å²) in [5.41, 5.74) is 3.44. The summed E-state index contributed by atoms with van der Waals surface area (Å²) in [6.45, 7) is 1.89. The van der Waals surface area contributed by atoms with Crippen LogP contribution >= 0.6 is 34.8 Å². The van der Waals surface area contributed by atoms with Crippen LogP contribution in [0.25, 0.3) is 0 Å². The average molecular weight is 515 g/mol. The number of benzene rings is 3. The molecule has 0 atom stereocenters. The molecule has 29 heavy (non-hydrogen) atoms. The maximum absolute atomic E-state index is 12.4. The van der Waals surface area contributed by atoms with E-state index in [0.29, 0.717) is 22.5 Å².